The zero-order valence-corrected chi connectivity index (χ0v) is 11.4. The summed E-state index contributed by atoms with van der Waals surface area (Å²) < 4.78 is 0. The first-order valence-electron chi connectivity index (χ1n) is 7.00. The summed E-state index contributed by atoms with van der Waals surface area (Å²) in [5, 5.41) is 12.2. The Morgan fingerprint density at radius 2 is 2.11 bits per heavy atom. The molecule has 1 atom stereocenters. The van der Waals surface area contributed by atoms with Gasteiger partial charge in [0.2, 0.25) is 5.91 Å². The van der Waals surface area contributed by atoms with Crippen LogP contribution in [0.5, 0.6) is 0 Å². The number of carbonyl (C=O) groups excluding carboxylic acids is 1. The first-order valence-corrected chi connectivity index (χ1v) is 7.00. The standard InChI is InChI=1S/C16H20N2O/c1-2-12-3-5-13(6-4-12)14(11-17)7-10-16(19)18-15-8-9-15/h3-6,14-15H,2,7-10H2,1H3,(H,18,19). The Labute approximate surface area is 114 Å². The molecule has 1 aliphatic rings. The molecule has 1 saturated carbocycles. The van der Waals surface area contributed by atoms with E-state index in [0.717, 1.165) is 24.8 Å². The number of benzene rings is 1. The van der Waals surface area contributed by atoms with Gasteiger partial charge in [-0.25, -0.2) is 0 Å². The molecule has 1 fully saturated rings. The van der Waals surface area contributed by atoms with Crippen LogP contribution in [0.1, 0.15) is 49.7 Å². The number of nitriles is 1. The van der Waals surface area contributed by atoms with E-state index in [4.69, 9.17) is 0 Å². The quantitative estimate of drug-likeness (QED) is 0.850. The second-order valence-electron chi connectivity index (χ2n) is 5.16. The molecule has 3 nitrogen and oxygen atoms in total. The first kappa shape index (κ1) is 13.6. The molecule has 0 aromatic heterocycles. The fraction of sp³-hybridized carbons (Fsp3) is 0.500. The molecule has 3 heteroatoms. The van der Waals surface area contributed by atoms with Gasteiger partial charge in [-0.1, -0.05) is 31.2 Å². The number of hydrogen-bond donors (Lipinski definition) is 1. The number of aryl methyl sites for hydroxylation is 1. The summed E-state index contributed by atoms with van der Waals surface area (Å²) in [6.07, 6.45) is 4.24. The second kappa shape index (κ2) is 6.38. The van der Waals surface area contributed by atoms with Crippen molar-refractivity contribution in [3.8, 4) is 6.07 Å². The Kier molecular flexibility index (Phi) is 4.57. The summed E-state index contributed by atoms with van der Waals surface area (Å²) in [5.41, 5.74) is 2.28. The molecule has 1 unspecified atom stereocenters. The molecule has 100 valence electrons. The molecular formula is C16H20N2O. The number of hydrogen-bond acceptors (Lipinski definition) is 2. The topological polar surface area (TPSA) is 52.9 Å². The Hall–Kier alpha value is -1.82. The third-order valence-electron chi connectivity index (χ3n) is 3.55. The maximum atomic E-state index is 11.6. The van der Waals surface area contributed by atoms with Gasteiger partial charge in [-0.15, -0.1) is 0 Å². The van der Waals surface area contributed by atoms with Crippen LogP contribution in [0, 0.1) is 11.3 Å². The van der Waals surface area contributed by atoms with Crippen LogP contribution in [0.3, 0.4) is 0 Å². The molecule has 1 aliphatic carbocycles. The summed E-state index contributed by atoms with van der Waals surface area (Å²) in [4.78, 5) is 11.6. The number of nitrogens with one attached hydrogen (secondary N) is 1. The highest BCUT2D eigenvalue weighted by Gasteiger charge is 2.23. The first-order chi connectivity index (χ1) is 9.22. The van der Waals surface area contributed by atoms with E-state index in [9.17, 15) is 10.1 Å². The molecule has 19 heavy (non-hydrogen) atoms. The smallest absolute Gasteiger partial charge is 0.220 e. The lowest BCUT2D eigenvalue weighted by Crippen LogP contribution is -2.25. The molecule has 1 aromatic carbocycles. The van der Waals surface area contributed by atoms with Gasteiger partial charge in [-0.3, -0.25) is 4.79 Å². The van der Waals surface area contributed by atoms with Crippen LogP contribution in [0.25, 0.3) is 0 Å². The molecular weight excluding hydrogens is 236 g/mol. The zero-order chi connectivity index (χ0) is 13.7. The van der Waals surface area contributed by atoms with Gasteiger partial charge in [0, 0.05) is 12.5 Å². The van der Waals surface area contributed by atoms with Gasteiger partial charge in [0.05, 0.1) is 12.0 Å². The minimum Gasteiger partial charge on any atom is -0.353 e. The SMILES string of the molecule is CCc1ccc(C(C#N)CCC(=O)NC2CC2)cc1. The summed E-state index contributed by atoms with van der Waals surface area (Å²) >= 11 is 0. The number of carbonyl (C=O) groups is 1. The third-order valence-corrected chi connectivity index (χ3v) is 3.55. The van der Waals surface area contributed by atoms with E-state index in [1.165, 1.54) is 5.56 Å². The van der Waals surface area contributed by atoms with Crippen molar-refractivity contribution in [2.45, 2.75) is 51.0 Å². The predicted octanol–water partition coefficient (Wildman–Crippen LogP) is 2.91. The number of amides is 1. The van der Waals surface area contributed by atoms with Crippen molar-refractivity contribution in [1.82, 2.24) is 5.32 Å². The molecule has 2 rings (SSSR count). The fourth-order valence-corrected chi connectivity index (χ4v) is 2.09. The van der Waals surface area contributed by atoms with Gasteiger partial charge in [-0.05, 0) is 36.8 Å². The number of nitrogens with zero attached hydrogens (tertiary/aromatic N) is 1. The van der Waals surface area contributed by atoms with Crippen LogP contribution < -0.4 is 5.32 Å². The van der Waals surface area contributed by atoms with E-state index in [-0.39, 0.29) is 11.8 Å². The van der Waals surface area contributed by atoms with E-state index in [2.05, 4.69) is 30.4 Å². The molecule has 1 N–H and O–H groups in total. The van der Waals surface area contributed by atoms with E-state index in [1.807, 2.05) is 12.1 Å². The monoisotopic (exact) mass is 256 g/mol. The molecule has 0 radical (unpaired) electrons. The van der Waals surface area contributed by atoms with Crippen molar-refractivity contribution in [2.75, 3.05) is 0 Å². The summed E-state index contributed by atoms with van der Waals surface area (Å²) in [7, 11) is 0. The van der Waals surface area contributed by atoms with Crippen LogP contribution in [-0.2, 0) is 11.2 Å². The maximum absolute atomic E-state index is 11.6. The van der Waals surface area contributed by atoms with Gasteiger partial charge in [0.1, 0.15) is 0 Å². The Balaban J connectivity index is 1.87. The highest BCUT2D eigenvalue weighted by atomic mass is 16.1. The average molecular weight is 256 g/mol. The zero-order valence-electron chi connectivity index (χ0n) is 11.4. The minimum atomic E-state index is -0.184. The lowest BCUT2D eigenvalue weighted by Gasteiger charge is -2.10. The van der Waals surface area contributed by atoms with Gasteiger partial charge in [0.25, 0.3) is 0 Å². The Bertz CT molecular complexity index is 469. The lowest BCUT2D eigenvalue weighted by atomic mass is 9.94. The largest absolute Gasteiger partial charge is 0.353 e. The lowest BCUT2D eigenvalue weighted by molar-refractivity contribution is -0.121. The summed E-state index contributed by atoms with van der Waals surface area (Å²) in [6.45, 7) is 2.11. The van der Waals surface area contributed by atoms with Crippen LogP contribution in [0.4, 0.5) is 0 Å². The van der Waals surface area contributed by atoms with Crippen LogP contribution >= 0.6 is 0 Å². The van der Waals surface area contributed by atoms with Crippen molar-refractivity contribution in [3.63, 3.8) is 0 Å². The van der Waals surface area contributed by atoms with E-state index >= 15 is 0 Å². The Morgan fingerprint density at radius 1 is 1.42 bits per heavy atom. The average Bonchev–Trinajstić information content (AvgIpc) is 3.24. The molecule has 0 bridgehead atoms. The van der Waals surface area contributed by atoms with Crippen LogP contribution in [-0.4, -0.2) is 11.9 Å². The molecule has 1 amide bonds. The van der Waals surface area contributed by atoms with E-state index in [0.29, 0.717) is 18.9 Å². The Morgan fingerprint density at radius 3 is 2.63 bits per heavy atom. The molecule has 1 aromatic rings. The highest BCUT2D eigenvalue weighted by Crippen LogP contribution is 2.22. The van der Waals surface area contributed by atoms with Crippen molar-refractivity contribution >= 4 is 5.91 Å². The normalized spacial score (nSPS) is 15.6. The highest BCUT2D eigenvalue weighted by molar-refractivity contribution is 5.76. The second-order valence-corrected chi connectivity index (χ2v) is 5.16. The molecule has 0 heterocycles. The van der Waals surface area contributed by atoms with Crippen molar-refractivity contribution in [1.29, 1.82) is 5.26 Å². The number of rotatable bonds is 6. The van der Waals surface area contributed by atoms with E-state index < -0.39 is 0 Å². The fourth-order valence-electron chi connectivity index (χ4n) is 2.09. The van der Waals surface area contributed by atoms with Gasteiger partial charge < -0.3 is 5.32 Å². The third kappa shape index (κ3) is 4.10. The van der Waals surface area contributed by atoms with Crippen LogP contribution in [0.15, 0.2) is 24.3 Å². The minimum absolute atomic E-state index is 0.0768. The van der Waals surface area contributed by atoms with Gasteiger partial charge >= 0.3 is 0 Å². The molecule has 0 spiro atoms. The van der Waals surface area contributed by atoms with Crippen molar-refractivity contribution in [2.24, 2.45) is 0 Å². The van der Waals surface area contributed by atoms with Crippen LogP contribution in [0.2, 0.25) is 0 Å². The van der Waals surface area contributed by atoms with Gasteiger partial charge in [-0.2, -0.15) is 5.26 Å². The molecule has 0 saturated heterocycles. The maximum Gasteiger partial charge on any atom is 0.220 e. The van der Waals surface area contributed by atoms with E-state index in [1.54, 1.807) is 0 Å². The molecule has 0 aliphatic heterocycles. The summed E-state index contributed by atoms with van der Waals surface area (Å²) in [6, 6.07) is 10.8. The summed E-state index contributed by atoms with van der Waals surface area (Å²) in [5.74, 6) is -0.108. The van der Waals surface area contributed by atoms with Crippen molar-refractivity contribution in [3.05, 3.63) is 35.4 Å². The predicted molar refractivity (Wildman–Crippen MR) is 74.6 cm³/mol. The van der Waals surface area contributed by atoms with Gasteiger partial charge in [0.15, 0.2) is 0 Å². The van der Waals surface area contributed by atoms with Crippen molar-refractivity contribution < 1.29 is 4.79 Å².